The zero-order valence-electron chi connectivity index (χ0n) is 12.6. The molecule has 1 aromatic carbocycles. The molecule has 2 aromatic heterocycles. The van der Waals surface area contributed by atoms with Crippen LogP contribution in [0.15, 0.2) is 35.7 Å². The molecule has 0 bridgehead atoms. The van der Waals surface area contributed by atoms with Crippen LogP contribution in [0.25, 0.3) is 21.3 Å². The molecule has 0 fully saturated rings. The van der Waals surface area contributed by atoms with Gasteiger partial charge >= 0.3 is 0 Å². The van der Waals surface area contributed by atoms with Crippen molar-refractivity contribution in [2.45, 2.75) is 13.3 Å². The van der Waals surface area contributed by atoms with Crippen LogP contribution in [-0.2, 0) is 0 Å². The lowest BCUT2D eigenvalue weighted by atomic mass is 10.1. The Bertz CT molecular complexity index is 833. The predicted octanol–water partition coefficient (Wildman–Crippen LogP) is 4.02. The van der Waals surface area contributed by atoms with Gasteiger partial charge in [-0.15, -0.1) is 11.3 Å². The van der Waals surface area contributed by atoms with Gasteiger partial charge < -0.3 is 4.90 Å². The van der Waals surface area contributed by atoms with E-state index in [-0.39, 0.29) is 0 Å². The Kier molecular flexibility index (Phi) is 4.03. The molecule has 2 heterocycles. The van der Waals surface area contributed by atoms with Gasteiger partial charge in [0.05, 0.1) is 17.9 Å². The Morgan fingerprint density at radius 1 is 1.23 bits per heavy atom. The summed E-state index contributed by atoms with van der Waals surface area (Å²) in [6.07, 6.45) is 0.478. The lowest BCUT2D eigenvalue weighted by Gasteiger charge is -2.18. The Morgan fingerprint density at radius 3 is 2.73 bits per heavy atom. The van der Waals surface area contributed by atoms with Crippen molar-refractivity contribution in [3.63, 3.8) is 0 Å². The van der Waals surface area contributed by atoms with Crippen LogP contribution in [0.5, 0.6) is 0 Å². The van der Waals surface area contributed by atoms with E-state index in [0.717, 1.165) is 33.0 Å². The van der Waals surface area contributed by atoms with E-state index in [1.54, 1.807) is 11.3 Å². The molecule has 3 rings (SSSR count). The number of aryl methyl sites for hydroxylation is 1. The summed E-state index contributed by atoms with van der Waals surface area (Å²) in [6, 6.07) is 12.5. The number of nitriles is 1. The number of rotatable bonds is 4. The smallest absolute Gasteiger partial charge is 0.141 e. The zero-order chi connectivity index (χ0) is 15.5. The van der Waals surface area contributed by atoms with Gasteiger partial charge in [0, 0.05) is 24.5 Å². The quantitative estimate of drug-likeness (QED) is 0.730. The van der Waals surface area contributed by atoms with Gasteiger partial charge in [0.2, 0.25) is 0 Å². The molecule has 5 heteroatoms. The molecule has 0 aliphatic rings. The topological polar surface area (TPSA) is 52.8 Å². The summed E-state index contributed by atoms with van der Waals surface area (Å²) in [5.41, 5.74) is 2.32. The number of thiophene rings is 1. The molecule has 0 saturated carbocycles. The third-order valence-electron chi connectivity index (χ3n) is 3.53. The maximum absolute atomic E-state index is 8.82. The van der Waals surface area contributed by atoms with E-state index in [9.17, 15) is 0 Å². The molecule has 0 atom stereocenters. The molecule has 0 amide bonds. The SMILES string of the molecule is Cc1nc(N(C)CCC#N)c2c(-c3ccccc3)csc2n1. The second kappa shape index (κ2) is 6.12. The molecule has 4 nitrogen and oxygen atoms in total. The van der Waals surface area contributed by atoms with Crippen molar-refractivity contribution in [2.75, 3.05) is 18.5 Å². The van der Waals surface area contributed by atoms with Gasteiger partial charge in [-0.1, -0.05) is 30.3 Å². The number of aromatic nitrogens is 2. The summed E-state index contributed by atoms with van der Waals surface area (Å²) in [5.74, 6) is 1.66. The van der Waals surface area contributed by atoms with Crippen LogP contribution in [0.1, 0.15) is 12.2 Å². The third-order valence-corrected chi connectivity index (χ3v) is 4.40. The average molecular weight is 308 g/mol. The van der Waals surface area contributed by atoms with Gasteiger partial charge in [-0.25, -0.2) is 9.97 Å². The highest BCUT2D eigenvalue weighted by Gasteiger charge is 2.16. The maximum atomic E-state index is 8.82. The van der Waals surface area contributed by atoms with Gasteiger partial charge in [-0.05, 0) is 12.5 Å². The first-order chi connectivity index (χ1) is 10.7. The molecule has 0 spiro atoms. The number of hydrogen-bond donors (Lipinski definition) is 0. The van der Waals surface area contributed by atoms with Crippen LogP contribution in [0.2, 0.25) is 0 Å². The lowest BCUT2D eigenvalue weighted by molar-refractivity contribution is 0.880. The number of fused-ring (bicyclic) bond motifs is 1. The predicted molar refractivity (Wildman–Crippen MR) is 91.1 cm³/mol. The Hall–Kier alpha value is -2.45. The molecule has 22 heavy (non-hydrogen) atoms. The molecule has 0 aliphatic heterocycles. The van der Waals surface area contributed by atoms with Crippen molar-refractivity contribution in [1.82, 2.24) is 9.97 Å². The van der Waals surface area contributed by atoms with Crippen LogP contribution >= 0.6 is 11.3 Å². The van der Waals surface area contributed by atoms with E-state index in [1.807, 2.05) is 37.1 Å². The number of anilines is 1. The fraction of sp³-hybridized carbons (Fsp3) is 0.235. The van der Waals surface area contributed by atoms with Crippen molar-refractivity contribution in [3.05, 3.63) is 41.5 Å². The van der Waals surface area contributed by atoms with E-state index in [0.29, 0.717) is 13.0 Å². The monoisotopic (exact) mass is 308 g/mol. The summed E-state index contributed by atoms with van der Waals surface area (Å²) in [5, 5.41) is 12.0. The van der Waals surface area contributed by atoms with Crippen molar-refractivity contribution in [1.29, 1.82) is 5.26 Å². The molecule has 0 aliphatic carbocycles. The van der Waals surface area contributed by atoms with E-state index in [1.165, 1.54) is 0 Å². The Labute approximate surface area is 133 Å². The van der Waals surface area contributed by atoms with Crippen molar-refractivity contribution in [2.24, 2.45) is 0 Å². The van der Waals surface area contributed by atoms with Crippen LogP contribution in [0.3, 0.4) is 0 Å². The van der Waals surface area contributed by atoms with Gasteiger partial charge in [-0.2, -0.15) is 5.26 Å². The lowest BCUT2D eigenvalue weighted by Crippen LogP contribution is -2.20. The highest BCUT2D eigenvalue weighted by atomic mass is 32.1. The number of benzene rings is 1. The fourth-order valence-electron chi connectivity index (χ4n) is 2.46. The molecule has 110 valence electrons. The fourth-order valence-corrected chi connectivity index (χ4v) is 3.44. The number of hydrogen-bond acceptors (Lipinski definition) is 5. The number of nitrogens with zero attached hydrogens (tertiary/aromatic N) is 4. The van der Waals surface area contributed by atoms with Crippen LogP contribution in [0, 0.1) is 18.3 Å². The first kappa shape index (κ1) is 14.5. The normalized spacial score (nSPS) is 10.6. The second-order valence-electron chi connectivity index (χ2n) is 5.12. The summed E-state index contributed by atoms with van der Waals surface area (Å²) < 4.78 is 0. The van der Waals surface area contributed by atoms with Crippen LogP contribution in [0.4, 0.5) is 5.82 Å². The Balaban J connectivity index is 2.18. The zero-order valence-corrected chi connectivity index (χ0v) is 13.4. The van der Waals surface area contributed by atoms with Crippen molar-refractivity contribution >= 4 is 27.4 Å². The molecule has 0 saturated heterocycles. The largest absolute Gasteiger partial charge is 0.358 e. The Morgan fingerprint density at radius 2 is 2.00 bits per heavy atom. The minimum absolute atomic E-state index is 0.478. The summed E-state index contributed by atoms with van der Waals surface area (Å²) in [6.45, 7) is 2.56. The minimum Gasteiger partial charge on any atom is -0.358 e. The van der Waals surface area contributed by atoms with E-state index >= 15 is 0 Å². The van der Waals surface area contributed by atoms with Gasteiger partial charge in [0.15, 0.2) is 0 Å². The van der Waals surface area contributed by atoms with Crippen molar-refractivity contribution < 1.29 is 0 Å². The highest BCUT2D eigenvalue weighted by Crippen LogP contribution is 2.37. The van der Waals surface area contributed by atoms with Crippen LogP contribution < -0.4 is 4.90 Å². The summed E-state index contributed by atoms with van der Waals surface area (Å²) in [4.78, 5) is 12.2. The molecule has 3 aromatic rings. The molecular formula is C17H16N4S. The minimum atomic E-state index is 0.478. The third kappa shape index (κ3) is 2.66. The molecular weight excluding hydrogens is 292 g/mol. The van der Waals surface area contributed by atoms with E-state index in [2.05, 4.69) is 33.5 Å². The molecule has 0 N–H and O–H groups in total. The van der Waals surface area contributed by atoms with Crippen LogP contribution in [-0.4, -0.2) is 23.6 Å². The first-order valence-electron chi connectivity index (χ1n) is 7.10. The molecule has 0 unspecified atom stereocenters. The van der Waals surface area contributed by atoms with Crippen molar-refractivity contribution in [3.8, 4) is 17.2 Å². The molecule has 0 radical (unpaired) electrons. The van der Waals surface area contributed by atoms with Gasteiger partial charge in [-0.3, -0.25) is 0 Å². The highest BCUT2D eigenvalue weighted by molar-refractivity contribution is 7.17. The maximum Gasteiger partial charge on any atom is 0.141 e. The van der Waals surface area contributed by atoms with E-state index in [4.69, 9.17) is 5.26 Å². The standard InChI is InChI=1S/C17H16N4S/c1-12-19-16(21(2)10-6-9-18)15-14(11-22-17(15)20-12)13-7-4-3-5-8-13/h3-5,7-8,11H,6,10H2,1-2H3. The summed E-state index contributed by atoms with van der Waals surface area (Å²) in [7, 11) is 1.98. The summed E-state index contributed by atoms with van der Waals surface area (Å²) >= 11 is 1.64. The second-order valence-corrected chi connectivity index (χ2v) is 5.98. The van der Waals surface area contributed by atoms with Gasteiger partial charge in [0.25, 0.3) is 0 Å². The van der Waals surface area contributed by atoms with Gasteiger partial charge in [0.1, 0.15) is 16.5 Å². The van der Waals surface area contributed by atoms with E-state index < -0.39 is 0 Å². The average Bonchev–Trinajstić information content (AvgIpc) is 2.96. The first-order valence-corrected chi connectivity index (χ1v) is 7.98.